The van der Waals surface area contributed by atoms with Crippen LogP contribution in [0.4, 0.5) is 0 Å². The van der Waals surface area contributed by atoms with E-state index in [-0.39, 0.29) is 11.6 Å². The zero-order valence-corrected chi connectivity index (χ0v) is 18.1. The van der Waals surface area contributed by atoms with Gasteiger partial charge in [0.15, 0.2) is 0 Å². The number of unbranched alkanes of at least 4 members (excludes halogenated alkanes) is 1. The monoisotopic (exact) mass is 417 g/mol. The molecule has 7 nitrogen and oxygen atoms in total. The quantitative estimate of drug-likeness (QED) is 0.609. The van der Waals surface area contributed by atoms with E-state index in [1.54, 1.807) is 24.6 Å². The molecule has 0 fully saturated rings. The highest BCUT2D eigenvalue weighted by atomic mass is 16.2. The van der Waals surface area contributed by atoms with E-state index in [2.05, 4.69) is 23.4 Å². The highest BCUT2D eigenvalue weighted by Crippen LogP contribution is 2.23. The molecule has 1 atom stereocenters. The first-order valence-electron chi connectivity index (χ1n) is 10.5. The van der Waals surface area contributed by atoms with Crippen molar-refractivity contribution < 1.29 is 4.79 Å². The van der Waals surface area contributed by atoms with Crippen LogP contribution in [0.2, 0.25) is 0 Å². The molecule has 2 aromatic carbocycles. The Morgan fingerprint density at radius 2 is 1.90 bits per heavy atom. The predicted octanol–water partition coefficient (Wildman–Crippen LogP) is 3.28. The molecule has 0 aliphatic rings. The van der Waals surface area contributed by atoms with E-state index < -0.39 is 6.04 Å². The Kier molecular flexibility index (Phi) is 7.03. The van der Waals surface area contributed by atoms with Gasteiger partial charge in [0.05, 0.1) is 18.2 Å². The van der Waals surface area contributed by atoms with Crippen LogP contribution in [0, 0.1) is 11.3 Å². The number of amides is 1. The zero-order valence-electron chi connectivity index (χ0n) is 18.1. The average Bonchev–Trinajstić information content (AvgIpc) is 3.12. The number of rotatable bonds is 8. The molecule has 0 spiro atoms. The maximum atomic E-state index is 13.0. The van der Waals surface area contributed by atoms with Crippen LogP contribution in [0.25, 0.3) is 11.1 Å². The Morgan fingerprint density at radius 1 is 1.19 bits per heavy atom. The van der Waals surface area contributed by atoms with Crippen molar-refractivity contribution in [2.24, 2.45) is 0 Å². The van der Waals surface area contributed by atoms with Crippen molar-refractivity contribution in [3.63, 3.8) is 0 Å². The molecule has 1 aromatic heterocycles. The van der Waals surface area contributed by atoms with Crippen LogP contribution in [-0.2, 0) is 17.8 Å². The number of aryl methyl sites for hydroxylation is 1. The SMILES string of the molecule is CCCCc1nn(C(C)C(=O)NC)c(=O)n1Cc1ccc(-c2ccccc2C#N)cc1. The van der Waals surface area contributed by atoms with Crippen molar-refractivity contribution in [1.29, 1.82) is 5.26 Å². The molecule has 0 saturated carbocycles. The number of nitriles is 1. The second kappa shape index (κ2) is 9.90. The highest BCUT2D eigenvalue weighted by molar-refractivity contribution is 5.79. The predicted molar refractivity (Wildman–Crippen MR) is 120 cm³/mol. The third kappa shape index (κ3) is 4.75. The van der Waals surface area contributed by atoms with Gasteiger partial charge in [-0.2, -0.15) is 10.4 Å². The lowest BCUT2D eigenvalue weighted by molar-refractivity contribution is -0.123. The first-order valence-corrected chi connectivity index (χ1v) is 10.5. The lowest BCUT2D eigenvalue weighted by Gasteiger charge is -2.09. The minimum Gasteiger partial charge on any atom is -0.357 e. The molecule has 0 radical (unpaired) electrons. The Bertz CT molecular complexity index is 1150. The summed E-state index contributed by atoms with van der Waals surface area (Å²) in [5.41, 5.74) is 3.11. The molecule has 3 rings (SSSR count). The largest absolute Gasteiger partial charge is 0.357 e. The van der Waals surface area contributed by atoms with Crippen molar-refractivity contribution >= 4 is 5.91 Å². The average molecular weight is 418 g/mol. The molecule has 160 valence electrons. The van der Waals surface area contributed by atoms with Crippen molar-refractivity contribution in [1.82, 2.24) is 19.7 Å². The summed E-state index contributed by atoms with van der Waals surface area (Å²) in [7, 11) is 1.55. The van der Waals surface area contributed by atoms with E-state index in [1.165, 1.54) is 4.68 Å². The number of carbonyl (C=O) groups excluding carboxylic acids is 1. The third-order valence-electron chi connectivity index (χ3n) is 5.36. The molecule has 0 aliphatic heterocycles. The van der Waals surface area contributed by atoms with Gasteiger partial charge in [-0.25, -0.2) is 9.48 Å². The van der Waals surface area contributed by atoms with Crippen molar-refractivity contribution in [3.8, 4) is 17.2 Å². The van der Waals surface area contributed by atoms with Gasteiger partial charge in [0.2, 0.25) is 5.91 Å². The maximum Gasteiger partial charge on any atom is 0.346 e. The minimum atomic E-state index is -0.677. The molecule has 0 saturated heterocycles. The summed E-state index contributed by atoms with van der Waals surface area (Å²) in [5, 5.41) is 16.4. The summed E-state index contributed by atoms with van der Waals surface area (Å²) in [6.07, 6.45) is 2.57. The van der Waals surface area contributed by atoms with E-state index in [0.29, 0.717) is 24.4 Å². The topological polar surface area (TPSA) is 92.7 Å². The molecule has 7 heteroatoms. The second-order valence-corrected chi connectivity index (χ2v) is 7.48. The van der Waals surface area contributed by atoms with Gasteiger partial charge in [-0.3, -0.25) is 9.36 Å². The normalized spacial score (nSPS) is 11.7. The van der Waals surface area contributed by atoms with Crippen LogP contribution in [0.3, 0.4) is 0 Å². The first kappa shape index (κ1) is 22.0. The second-order valence-electron chi connectivity index (χ2n) is 7.48. The summed E-state index contributed by atoms with van der Waals surface area (Å²) in [5.74, 6) is 0.427. The number of hydrogen-bond acceptors (Lipinski definition) is 4. The molecule has 3 aromatic rings. The van der Waals surface area contributed by atoms with Crippen LogP contribution in [-0.4, -0.2) is 27.3 Å². The smallest absolute Gasteiger partial charge is 0.346 e. The van der Waals surface area contributed by atoms with E-state index in [4.69, 9.17) is 0 Å². The van der Waals surface area contributed by atoms with Crippen molar-refractivity contribution in [2.75, 3.05) is 7.05 Å². The van der Waals surface area contributed by atoms with E-state index in [1.807, 2.05) is 42.5 Å². The molecular weight excluding hydrogens is 390 g/mol. The van der Waals surface area contributed by atoms with E-state index in [0.717, 1.165) is 29.5 Å². The summed E-state index contributed by atoms with van der Waals surface area (Å²) < 4.78 is 2.91. The first-order chi connectivity index (χ1) is 15.0. The number of hydrogen-bond donors (Lipinski definition) is 1. The molecule has 0 bridgehead atoms. The number of nitrogens with one attached hydrogen (secondary N) is 1. The molecule has 0 aliphatic carbocycles. The lowest BCUT2D eigenvalue weighted by Crippen LogP contribution is -2.35. The molecule has 1 amide bonds. The summed E-state index contributed by atoms with van der Waals surface area (Å²) in [4.78, 5) is 25.1. The maximum absolute atomic E-state index is 13.0. The van der Waals surface area contributed by atoms with Gasteiger partial charge in [-0.1, -0.05) is 55.8 Å². The van der Waals surface area contributed by atoms with Crippen LogP contribution >= 0.6 is 0 Å². The Balaban J connectivity index is 1.92. The molecule has 1 heterocycles. The van der Waals surface area contributed by atoms with E-state index in [9.17, 15) is 14.9 Å². The van der Waals surface area contributed by atoms with Gasteiger partial charge < -0.3 is 5.32 Å². The van der Waals surface area contributed by atoms with Gasteiger partial charge in [0, 0.05) is 13.5 Å². The standard InChI is InChI=1S/C24H27N5O2/c1-4-5-10-22-27-29(17(2)23(30)26-3)24(31)28(22)16-18-11-13-19(14-12-18)21-9-7-6-8-20(21)15-25/h6-9,11-14,17H,4-5,10,16H2,1-3H3,(H,26,30). The zero-order chi connectivity index (χ0) is 22.4. The van der Waals surface area contributed by atoms with Crippen LogP contribution in [0.1, 0.15) is 49.7 Å². The number of carbonyl (C=O) groups is 1. The number of likely N-dealkylation sites (N-methyl/N-ethyl adjacent to an activating group) is 1. The Morgan fingerprint density at radius 3 is 2.55 bits per heavy atom. The van der Waals surface area contributed by atoms with Crippen molar-refractivity contribution in [3.05, 3.63) is 76.0 Å². The van der Waals surface area contributed by atoms with Gasteiger partial charge in [-0.15, -0.1) is 0 Å². The highest BCUT2D eigenvalue weighted by Gasteiger charge is 2.21. The van der Waals surface area contributed by atoms with Crippen molar-refractivity contribution in [2.45, 2.75) is 45.7 Å². The van der Waals surface area contributed by atoms with Gasteiger partial charge in [-0.05, 0) is 36.1 Å². The summed E-state index contributed by atoms with van der Waals surface area (Å²) >= 11 is 0. The third-order valence-corrected chi connectivity index (χ3v) is 5.36. The van der Waals surface area contributed by atoms with E-state index >= 15 is 0 Å². The summed E-state index contributed by atoms with van der Waals surface area (Å²) in [6, 6.07) is 16.8. The fourth-order valence-electron chi connectivity index (χ4n) is 3.51. The van der Waals surface area contributed by atoms with Crippen LogP contribution in [0.15, 0.2) is 53.3 Å². The van der Waals surface area contributed by atoms with Crippen LogP contribution < -0.4 is 11.0 Å². The van der Waals surface area contributed by atoms with Gasteiger partial charge in [0.1, 0.15) is 11.9 Å². The van der Waals surface area contributed by atoms with Gasteiger partial charge >= 0.3 is 5.69 Å². The number of benzene rings is 2. The Labute approximate surface area is 181 Å². The molecule has 1 unspecified atom stereocenters. The molecular formula is C24H27N5O2. The Hall–Kier alpha value is -3.66. The molecule has 1 N–H and O–H groups in total. The lowest BCUT2D eigenvalue weighted by atomic mass is 9.99. The summed E-state index contributed by atoms with van der Waals surface area (Å²) in [6.45, 7) is 4.13. The van der Waals surface area contributed by atoms with Gasteiger partial charge in [0.25, 0.3) is 0 Å². The fourth-order valence-corrected chi connectivity index (χ4v) is 3.51. The number of aromatic nitrogens is 3. The van der Waals surface area contributed by atoms with Crippen LogP contribution in [0.5, 0.6) is 0 Å². The minimum absolute atomic E-state index is 0.255. The molecule has 31 heavy (non-hydrogen) atoms. The fraction of sp³-hybridized carbons (Fsp3) is 0.333. The number of nitrogens with zero attached hydrogens (tertiary/aromatic N) is 4.